The van der Waals surface area contributed by atoms with Crippen molar-refractivity contribution >= 4 is 64.4 Å². The molecule has 3 aromatic rings. The number of amides is 4. The van der Waals surface area contributed by atoms with Crippen molar-refractivity contribution in [1.29, 1.82) is 0 Å². The summed E-state index contributed by atoms with van der Waals surface area (Å²) in [6.45, 7) is 0.103. The number of carbonyl (C=O) groups excluding carboxylic acids is 3. The quantitative estimate of drug-likeness (QED) is 0.330. The zero-order chi connectivity index (χ0) is 24.4. The summed E-state index contributed by atoms with van der Waals surface area (Å²) in [6, 6.07) is 13.7. The minimum atomic E-state index is -0.926. The maximum Gasteiger partial charge on any atom is 0.335 e. The van der Waals surface area contributed by atoms with Gasteiger partial charge in [0.05, 0.1) is 15.7 Å². The van der Waals surface area contributed by atoms with Crippen molar-refractivity contribution in [3.63, 3.8) is 0 Å². The van der Waals surface area contributed by atoms with Gasteiger partial charge >= 0.3 is 6.03 Å². The summed E-state index contributed by atoms with van der Waals surface area (Å²) in [7, 11) is 0. The van der Waals surface area contributed by atoms with Crippen LogP contribution in [0.1, 0.15) is 11.1 Å². The number of hydrogen-bond donors (Lipinski definition) is 1. The second-order valence-corrected chi connectivity index (χ2v) is 8.40. The van der Waals surface area contributed by atoms with Gasteiger partial charge in [0.1, 0.15) is 23.7 Å². The summed E-state index contributed by atoms with van der Waals surface area (Å²) in [5.74, 6) is -1.80. The predicted molar refractivity (Wildman–Crippen MR) is 128 cm³/mol. The van der Waals surface area contributed by atoms with Crippen LogP contribution in [0, 0.1) is 5.82 Å². The van der Waals surface area contributed by atoms with E-state index in [1.165, 1.54) is 42.5 Å². The van der Waals surface area contributed by atoms with Gasteiger partial charge < -0.3 is 4.74 Å². The fraction of sp³-hybridized carbons (Fsp3) is 0.0417. The van der Waals surface area contributed by atoms with E-state index < -0.39 is 17.8 Å². The second-order valence-electron chi connectivity index (χ2n) is 7.15. The first kappa shape index (κ1) is 23.8. The van der Waals surface area contributed by atoms with Crippen LogP contribution in [0.5, 0.6) is 5.75 Å². The summed E-state index contributed by atoms with van der Waals surface area (Å²) < 4.78 is 19.0. The molecule has 0 bridgehead atoms. The van der Waals surface area contributed by atoms with Gasteiger partial charge in [-0.25, -0.2) is 14.1 Å². The molecule has 3 aromatic carbocycles. The number of carbonyl (C=O) groups is 3. The van der Waals surface area contributed by atoms with Crippen LogP contribution in [0.4, 0.5) is 14.9 Å². The minimum absolute atomic E-state index is 0.103. The lowest BCUT2D eigenvalue weighted by atomic mass is 10.1. The van der Waals surface area contributed by atoms with Crippen LogP contribution in [-0.2, 0) is 16.2 Å². The summed E-state index contributed by atoms with van der Waals surface area (Å²) in [4.78, 5) is 38.9. The first-order valence-electron chi connectivity index (χ1n) is 9.76. The van der Waals surface area contributed by atoms with E-state index in [1.54, 1.807) is 24.3 Å². The van der Waals surface area contributed by atoms with Crippen molar-refractivity contribution in [2.75, 3.05) is 4.90 Å². The van der Waals surface area contributed by atoms with Gasteiger partial charge in [0.15, 0.2) is 0 Å². The van der Waals surface area contributed by atoms with Crippen molar-refractivity contribution in [3.05, 3.63) is 98.2 Å². The number of barbiturate groups is 1. The number of urea groups is 1. The van der Waals surface area contributed by atoms with E-state index in [9.17, 15) is 18.8 Å². The van der Waals surface area contributed by atoms with Gasteiger partial charge in [0, 0.05) is 10.6 Å². The molecule has 1 aliphatic rings. The predicted octanol–water partition coefficient (Wildman–Crippen LogP) is 6.03. The lowest BCUT2D eigenvalue weighted by Gasteiger charge is -2.26. The smallest absolute Gasteiger partial charge is 0.335 e. The zero-order valence-corrected chi connectivity index (χ0v) is 19.4. The molecule has 0 unspecified atom stereocenters. The molecule has 10 heteroatoms. The van der Waals surface area contributed by atoms with E-state index in [2.05, 4.69) is 5.32 Å². The van der Waals surface area contributed by atoms with E-state index in [0.717, 1.165) is 4.90 Å². The molecule has 0 aliphatic carbocycles. The number of nitrogens with zero attached hydrogens (tertiary/aromatic N) is 1. The maximum absolute atomic E-state index is 13.1. The number of imide groups is 2. The first-order valence-corrected chi connectivity index (χ1v) is 10.9. The standard InChI is InChI=1S/C24H14Cl3FN2O4/c25-15-3-8-21(34-12-13-1-4-16(28)5-2-13)14(9-15)10-18-22(31)29-24(33)30(23(18)32)17-6-7-19(26)20(27)11-17/h1-11H,12H2,(H,29,31,33)/b18-10+. The van der Waals surface area contributed by atoms with Crippen molar-refractivity contribution < 1.29 is 23.5 Å². The largest absolute Gasteiger partial charge is 0.488 e. The van der Waals surface area contributed by atoms with Crippen molar-refractivity contribution in [2.45, 2.75) is 6.61 Å². The Labute approximate surface area is 208 Å². The molecule has 172 valence electrons. The Morgan fingerprint density at radius 3 is 2.35 bits per heavy atom. The van der Waals surface area contributed by atoms with E-state index in [4.69, 9.17) is 39.5 Å². The van der Waals surface area contributed by atoms with Crippen molar-refractivity contribution in [3.8, 4) is 5.75 Å². The average molecular weight is 520 g/mol. The number of ether oxygens (including phenoxy) is 1. The highest BCUT2D eigenvalue weighted by Gasteiger charge is 2.37. The van der Waals surface area contributed by atoms with Crippen LogP contribution in [0.25, 0.3) is 6.08 Å². The molecule has 1 N–H and O–H groups in total. The highest BCUT2D eigenvalue weighted by molar-refractivity contribution is 6.43. The van der Waals surface area contributed by atoms with Crippen LogP contribution in [-0.4, -0.2) is 17.8 Å². The molecular weight excluding hydrogens is 506 g/mol. The second kappa shape index (κ2) is 9.85. The SMILES string of the molecule is O=C1NC(=O)N(c2ccc(Cl)c(Cl)c2)C(=O)/C1=C/c1cc(Cl)ccc1OCc1ccc(F)cc1. The van der Waals surface area contributed by atoms with E-state index in [0.29, 0.717) is 21.9 Å². The van der Waals surface area contributed by atoms with Gasteiger partial charge in [-0.1, -0.05) is 46.9 Å². The van der Waals surface area contributed by atoms with Crippen LogP contribution in [0.15, 0.2) is 66.2 Å². The van der Waals surface area contributed by atoms with E-state index in [1.807, 2.05) is 0 Å². The fourth-order valence-corrected chi connectivity index (χ4v) is 3.65. The molecule has 1 heterocycles. The van der Waals surface area contributed by atoms with Gasteiger partial charge in [-0.15, -0.1) is 0 Å². The molecule has 0 aromatic heterocycles. The number of nitrogens with one attached hydrogen (secondary N) is 1. The van der Waals surface area contributed by atoms with Gasteiger partial charge in [0.2, 0.25) is 0 Å². The number of rotatable bonds is 5. The van der Waals surface area contributed by atoms with Crippen LogP contribution in [0.3, 0.4) is 0 Å². The summed E-state index contributed by atoms with van der Waals surface area (Å²) >= 11 is 18.1. The number of anilines is 1. The molecule has 0 radical (unpaired) electrons. The topological polar surface area (TPSA) is 75.7 Å². The normalized spacial score (nSPS) is 15.0. The molecule has 4 rings (SSSR count). The lowest BCUT2D eigenvalue weighted by molar-refractivity contribution is -0.122. The van der Waals surface area contributed by atoms with E-state index in [-0.39, 0.29) is 33.7 Å². The molecule has 34 heavy (non-hydrogen) atoms. The third-order valence-corrected chi connectivity index (χ3v) is 5.82. The number of halogens is 4. The Balaban J connectivity index is 1.67. The maximum atomic E-state index is 13.1. The zero-order valence-electron chi connectivity index (χ0n) is 17.2. The number of hydrogen-bond acceptors (Lipinski definition) is 4. The third-order valence-electron chi connectivity index (χ3n) is 4.84. The van der Waals surface area contributed by atoms with Crippen molar-refractivity contribution in [1.82, 2.24) is 5.32 Å². The third kappa shape index (κ3) is 5.07. The molecule has 6 nitrogen and oxygen atoms in total. The van der Waals surface area contributed by atoms with Crippen molar-refractivity contribution in [2.24, 2.45) is 0 Å². The minimum Gasteiger partial charge on any atom is -0.488 e. The van der Waals surface area contributed by atoms with Gasteiger partial charge in [0.25, 0.3) is 11.8 Å². The Hall–Kier alpha value is -3.39. The monoisotopic (exact) mass is 518 g/mol. The Bertz CT molecular complexity index is 1340. The molecule has 4 amide bonds. The van der Waals surface area contributed by atoms with Crippen LogP contribution in [0.2, 0.25) is 15.1 Å². The molecule has 1 aliphatic heterocycles. The van der Waals surface area contributed by atoms with E-state index >= 15 is 0 Å². The van der Waals surface area contributed by atoms with Gasteiger partial charge in [-0.3, -0.25) is 14.9 Å². The number of benzene rings is 3. The molecule has 0 atom stereocenters. The highest BCUT2D eigenvalue weighted by atomic mass is 35.5. The lowest BCUT2D eigenvalue weighted by Crippen LogP contribution is -2.54. The van der Waals surface area contributed by atoms with Gasteiger partial charge in [-0.2, -0.15) is 0 Å². The van der Waals surface area contributed by atoms with Gasteiger partial charge in [-0.05, 0) is 60.2 Å². The first-order chi connectivity index (χ1) is 16.2. The molecule has 0 spiro atoms. The molecule has 1 fully saturated rings. The summed E-state index contributed by atoms with van der Waals surface area (Å²) in [6.07, 6.45) is 1.28. The fourth-order valence-electron chi connectivity index (χ4n) is 3.18. The van der Waals surface area contributed by atoms with Crippen LogP contribution >= 0.6 is 34.8 Å². The average Bonchev–Trinajstić information content (AvgIpc) is 2.79. The van der Waals surface area contributed by atoms with Crippen LogP contribution < -0.4 is 15.0 Å². The highest BCUT2D eigenvalue weighted by Crippen LogP contribution is 2.31. The Morgan fingerprint density at radius 2 is 1.65 bits per heavy atom. The summed E-state index contributed by atoms with van der Waals surface area (Å²) in [5.41, 5.74) is 0.850. The molecule has 1 saturated heterocycles. The Morgan fingerprint density at radius 1 is 0.912 bits per heavy atom. The Kier molecular flexibility index (Phi) is 6.88. The molecular formula is C24H14Cl3FN2O4. The molecule has 0 saturated carbocycles. The summed E-state index contributed by atoms with van der Waals surface area (Å²) in [5, 5.41) is 2.84.